The summed E-state index contributed by atoms with van der Waals surface area (Å²) in [4.78, 5) is 24.2. The molecular weight excluding hydrogens is 315 g/mol. The number of halogens is 1. The monoisotopic (exact) mass is 340 g/mol. The Kier molecular flexibility index (Phi) is 7.35. The van der Waals surface area contributed by atoms with Gasteiger partial charge in [-0.25, -0.2) is 9.18 Å². The van der Waals surface area contributed by atoms with Gasteiger partial charge in [0.1, 0.15) is 5.60 Å². The van der Waals surface area contributed by atoms with E-state index in [1.165, 1.54) is 6.07 Å². The fraction of sp³-hybridized carbons (Fsp3) is 0.556. The predicted octanol–water partition coefficient (Wildman–Crippen LogP) is 4.03. The second-order valence-corrected chi connectivity index (χ2v) is 6.44. The van der Waals surface area contributed by atoms with Crippen molar-refractivity contribution in [3.8, 4) is 5.75 Å². The second kappa shape index (κ2) is 8.78. The molecule has 1 unspecified atom stereocenters. The van der Waals surface area contributed by atoms with Gasteiger partial charge in [-0.05, 0) is 45.6 Å². The lowest BCUT2D eigenvalue weighted by Crippen LogP contribution is -2.28. The molecule has 1 aromatic carbocycles. The number of carbonyl (C=O) groups is 1. The van der Waals surface area contributed by atoms with E-state index in [2.05, 4.69) is 0 Å². The summed E-state index contributed by atoms with van der Waals surface area (Å²) in [5.41, 5.74) is -1.28. The molecule has 5 nitrogen and oxygen atoms in total. The molecule has 0 aliphatic rings. The van der Waals surface area contributed by atoms with Crippen LogP contribution >= 0.6 is 0 Å². The van der Waals surface area contributed by atoms with Gasteiger partial charge in [0.05, 0.1) is 0 Å². The van der Waals surface area contributed by atoms with Crippen molar-refractivity contribution in [1.29, 1.82) is 0 Å². The molecule has 0 saturated carbocycles. The van der Waals surface area contributed by atoms with E-state index in [1.807, 2.05) is 6.92 Å². The molecular formula is C18H25FO5. The van der Waals surface area contributed by atoms with Crippen molar-refractivity contribution in [2.75, 3.05) is 13.7 Å². The predicted molar refractivity (Wildman–Crippen MR) is 89.1 cm³/mol. The van der Waals surface area contributed by atoms with Crippen LogP contribution in [0.3, 0.4) is 0 Å². The first kappa shape index (κ1) is 20.1. The van der Waals surface area contributed by atoms with E-state index >= 15 is 0 Å². The Morgan fingerprint density at radius 3 is 2.50 bits per heavy atom. The first-order valence-electron chi connectivity index (χ1n) is 7.92. The molecule has 0 aromatic heterocycles. The van der Waals surface area contributed by atoms with Crippen LogP contribution in [0.15, 0.2) is 23.0 Å². The van der Waals surface area contributed by atoms with Crippen LogP contribution in [0.1, 0.15) is 52.0 Å². The zero-order valence-corrected chi connectivity index (χ0v) is 14.8. The highest BCUT2D eigenvalue weighted by molar-refractivity contribution is 5.65. The Bertz CT molecular complexity index is 622. The Hall–Kier alpha value is -1.95. The van der Waals surface area contributed by atoms with E-state index in [0.717, 1.165) is 6.07 Å². The summed E-state index contributed by atoms with van der Waals surface area (Å²) in [7, 11) is 1.58. The normalized spacial score (nSPS) is 12.6. The molecule has 0 N–H and O–H groups in total. The van der Waals surface area contributed by atoms with E-state index in [-0.39, 0.29) is 11.7 Å². The summed E-state index contributed by atoms with van der Waals surface area (Å²) in [6.45, 7) is 7.43. The molecule has 0 aliphatic carbocycles. The minimum Gasteiger partial charge on any atom is -0.428 e. The van der Waals surface area contributed by atoms with Crippen molar-refractivity contribution in [1.82, 2.24) is 0 Å². The van der Waals surface area contributed by atoms with Crippen LogP contribution in [-0.4, -0.2) is 25.5 Å². The van der Waals surface area contributed by atoms with Gasteiger partial charge in [0.25, 0.3) is 5.43 Å². The molecule has 6 heteroatoms. The maximum atomic E-state index is 13.8. The van der Waals surface area contributed by atoms with Gasteiger partial charge in [-0.2, -0.15) is 0 Å². The fourth-order valence-corrected chi connectivity index (χ4v) is 2.25. The lowest BCUT2D eigenvalue weighted by Gasteiger charge is -2.20. The molecule has 0 amide bonds. The molecule has 0 fully saturated rings. The smallest absolute Gasteiger partial charge is 0.428 e. The van der Waals surface area contributed by atoms with Crippen LogP contribution in [0.2, 0.25) is 0 Å². The number of rotatable bonds is 6. The highest BCUT2D eigenvalue weighted by atomic mass is 19.1. The molecule has 0 heterocycles. The third kappa shape index (κ3) is 5.92. The van der Waals surface area contributed by atoms with Gasteiger partial charge in [-0.15, -0.1) is 0 Å². The van der Waals surface area contributed by atoms with Gasteiger partial charge >= 0.3 is 6.16 Å². The van der Waals surface area contributed by atoms with E-state index in [0.29, 0.717) is 25.0 Å². The zero-order chi connectivity index (χ0) is 18.3. The Labute approximate surface area is 141 Å². The summed E-state index contributed by atoms with van der Waals surface area (Å²) < 4.78 is 29.1. The largest absolute Gasteiger partial charge is 0.514 e. The molecule has 1 aromatic rings. The van der Waals surface area contributed by atoms with Crippen molar-refractivity contribution in [3.05, 3.63) is 39.8 Å². The number of carbonyl (C=O) groups excluding carboxylic acids is 1. The minimum atomic E-state index is -1.03. The van der Waals surface area contributed by atoms with Crippen LogP contribution in [0.5, 0.6) is 5.75 Å². The van der Waals surface area contributed by atoms with Gasteiger partial charge in [-0.1, -0.05) is 19.1 Å². The van der Waals surface area contributed by atoms with Crippen LogP contribution < -0.4 is 10.2 Å². The third-order valence-electron chi connectivity index (χ3n) is 3.38. The van der Waals surface area contributed by atoms with E-state index < -0.39 is 23.0 Å². The number of ether oxygens (including phenoxy) is 3. The Morgan fingerprint density at radius 2 is 1.96 bits per heavy atom. The average Bonchev–Trinajstić information content (AvgIpc) is 2.60. The maximum Gasteiger partial charge on any atom is 0.514 e. The van der Waals surface area contributed by atoms with Gasteiger partial charge in [0.2, 0.25) is 0 Å². The first-order valence-corrected chi connectivity index (χ1v) is 7.92. The second-order valence-electron chi connectivity index (χ2n) is 6.44. The van der Waals surface area contributed by atoms with Gasteiger partial charge in [0.15, 0.2) is 11.6 Å². The van der Waals surface area contributed by atoms with Crippen molar-refractivity contribution in [2.24, 2.45) is 0 Å². The highest BCUT2D eigenvalue weighted by Gasteiger charge is 2.24. The van der Waals surface area contributed by atoms with Crippen molar-refractivity contribution in [3.63, 3.8) is 0 Å². The lowest BCUT2D eigenvalue weighted by atomic mass is 9.94. The number of hydrogen-bond acceptors (Lipinski definition) is 5. The molecule has 0 bridgehead atoms. The minimum absolute atomic E-state index is 0.109. The van der Waals surface area contributed by atoms with E-state index in [4.69, 9.17) is 14.2 Å². The van der Waals surface area contributed by atoms with Crippen LogP contribution in [0.4, 0.5) is 9.18 Å². The van der Waals surface area contributed by atoms with Crippen LogP contribution in [0.25, 0.3) is 0 Å². The highest BCUT2D eigenvalue weighted by Crippen LogP contribution is 2.29. The quantitative estimate of drug-likeness (QED) is 0.732. The van der Waals surface area contributed by atoms with Crippen LogP contribution in [0, 0.1) is 5.82 Å². The van der Waals surface area contributed by atoms with Crippen LogP contribution in [-0.2, 0) is 9.47 Å². The first-order chi connectivity index (χ1) is 11.2. The number of hydrogen-bond donors (Lipinski definition) is 0. The SMILES string of the molecule is CCC(CCOC)c1cccc(F)c(=O)c1OC(=O)OC(C)(C)C. The van der Waals surface area contributed by atoms with Gasteiger partial charge in [-0.3, -0.25) is 4.79 Å². The molecule has 0 spiro atoms. The summed E-state index contributed by atoms with van der Waals surface area (Å²) in [5, 5.41) is 0. The molecule has 0 aliphatic heterocycles. The van der Waals surface area contributed by atoms with Crippen molar-refractivity contribution >= 4 is 6.16 Å². The lowest BCUT2D eigenvalue weighted by molar-refractivity contribution is 0.0201. The Morgan fingerprint density at radius 1 is 1.29 bits per heavy atom. The van der Waals surface area contributed by atoms with E-state index in [1.54, 1.807) is 33.9 Å². The summed E-state index contributed by atoms with van der Waals surface area (Å²) in [6.07, 6.45) is 0.259. The maximum absolute atomic E-state index is 13.8. The zero-order valence-electron chi connectivity index (χ0n) is 14.8. The molecule has 134 valence electrons. The molecule has 1 atom stereocenters. The summed E-state index contributed by atoms with van der Waals surface area (Å²) in [5.74, 6) is -1.42. The molecule has 1 rings (SSSR count). The number of methoxy groups -OCH3 is 1. The fourth-order valence-electron chi connectivity index (χ4n) is 2.25. The summed E-state index contributed by atoms with van der Waals surface area (Å²) in [6, 6.07) is 4.08. The third-order valence-corrected chi connectivity index (χ3v) is 3.38. The average molecular weight is 340 g/mol. The molecule has 24 heavy (non-hydrogen) atoms. The Balaban J connectivity index is 3.29. The topological polar surface area (TPSA) is 61.8 Å². The molecule has 0 radical (unpaired) electrons. The molecule has 0 saturated heterocycles. The van der Waals surface area contributed by atoms with Crippen molar-refractivity contribution in [2.45, 2.75) is 52.1 Å². The standard InChI is InChI=1S/C18H25FO5/c1-6-12(10-11-22-5)13-8-7-9-14(19)15(20)16(13)23-17(21)24-18(2,3)4/h7-9,12H,6,10-11H2,1-5H3. The van der Waals surface area contributed by atoms with Gasteiger partial charge in [0, 0.05) is 19.3 Å². The summed E-state index contributed by atoms with van der Waals surface area (Å²) >= 11 is 0. The van der Waals surface area contributed by atoms with Crippen molar-refractivity contribution < 1.29 is 23.4 Å². The van der Waals surface area contributed by atoms with Gasteiger partial charge < -0.3 is 14.2 Å². The van der Waals surface area contributed by atoms with E-state index in [9.17, 15) is 14.0 Å².